The average molecular weight is 487 g/mol. The van der Waals surface area contributed by atoms with Gasteiger partial charge in [0.05, 0.1) is 22.5 Å². The lowest BCUT2D eigenvalue weighted by Crippen LogP contribution is -2.09. The molecule has 9 heteroatoms. The molecule has 5 aromatic rings. The molecule has 6 rings (SSSR count). The minimum Gasteiger partial charge on any atom is -0.454 e. The van der Waals surface area contributed by atoms with Gasteiger partial charge in [0.1, 0.15) is 16.2 Å². The van der Waals surface area contributed by atoms with Crippen molar-refractivity contribution in [2.45, 2.75) is 30.2 Å². The topological polar surface area (TPSA) is 109 Å². The summed E-state index contributed by atoms with van der Waals surface area (Å²) in [6.45, 7) is 4.28. The first-order valence-corrected chi connectivity index (χ1v) is 12.6. The van der Waals surface area contributed by atoms with E-state index in [-0.39, 0.29) is 34.5 Å². The molecule has 0 fully saturated rings. The molecule has 0 aliphatic carbocycles. The first kappa shape index (κ1) is 21.4. The van der Waals surface area contributed by atoms with Crippen LogP contribution in [0.5, 0.6) is 11.5 Å². The molecule has 1 aliphatic rings. The molecular weight excluding hydrogens is 464 g/mol. The van der Waals surface area contributed by atoms with Gasteiger partial charge in [0.2, 0.25) is 16.6 Å². The van der Waals surface area contributed by atoms with Crippen molar-refractivity contribution in [3.63, 3.8) is 0 Å². The van der Waals surface area contributed by atoms with Gasteiger partial charge < -0.3 is 19.8 Å². The van der Waals surface area contributed by atoms with Gasteiger partial charge in [0.15, 0.2) is 17.1 Å². The van der Waals surface area contributed by atoms with Crippen molar-refractivity contribution in [2.75, 3.05) is 12.5 Å². The van der Waals surface area contributed by atoms with Gasteiger partial charge in [-0.2, -0.15) is 0 Å². The molecule has 0 amide bonds. The van der Waals surface area contributed by atoms with E-state index in [2.05, 4.69) is 0 Å². The summed E-state index contributed by atoms with van der Waals surface area (Å²) in [5.74, 6) is 1.39. The second kappa shape index (κ2) is 7.71. The highest BCUT2D eigenvalue weighted by molar-refractivity contribution is 7.92. The third kappa shape index (κ3) is 3.38. The van der Waals surface area contributed by atoms with Crippen LogP contribution in [0.25, 0.3) is 22.2 Å². The first-order valence-electron chi connectivity index (χ1n) is 11.1. The van der Waals surface area contributed by atoms with Crippen LogP contribution < -0.4 is 15.2 Å². The number of hydrogen-bond acceptors (Lipinski definition) is 7. The van der Waals surface area contributed by atoms with Gasteiger partial charge in [-0.25, -0.2) is 18.4 Å². The Hall–Kier alpha value is -4.11. The minimum absolute atomic E-state index is 0.0326. The highest BCUT2D eigenvalue weighted by Gasteiger charge is 2.30. The molecule has 1 aliphatic heterocycles. The number of nitrogens with zero attached hydrogens (tertiary/aromatic N) is 3. The van der Waals surface area contributed by atoms with Crippen molar-refractivity contribution in [3.8, 4) is 11.5 Å². The molecule has 35 heavy (non-hydrogen) atoms. The van der Waals surface area contributed by atoms with Crippen LogP contribution >= 0.6 is 0 Å². The summed E-state index contributed by atoms with van der Waals surface area (Å²) in [7, 11) is -3.98. The fraction of sp³-hybridized carbons (Fsp3) is 0.154. The molecule has 176 valence electrons. The number of anilines is 1. The van der Waals surface area contributed by atoms with E-state index < -0.39 is 9.84 Å². The van der Waals surface area contributed by atoms with E-state index in [0.717, 1.165) is 16.7 Å². The Morgan fingerprint density at radius 2 is 1.66 bits per heavy atom. The second-order valence-corrected chi connectivity index (χ2v) is 10.5. The quantitative estimate of drug-likeness (QED) is 0.401. The van der Waals surface area contributed by atoms with Crippen LogP contribution in [0.3, 0.4) is 0 Å². The lowest BCUT2D eigenvalue weighted by molar-refractivity contribution is 0.174. The smallest absolute Gasteiger partial charge is 0.231 e. The van der Waals surface area contributed by atoms with Gasteiger partial charge in [-0.3, -0.25) is 0 Å². The molecule has 8 nitrogen and oxygen atoms in total. The van der Waals surface area contributed by atoms with Crippen LogP contribution in [-0.4, -0.2) is 29.7 Å². The molecule has 0 saturated heterocycles. The highest BCUT2D eigenvalue weighted by Crippen LogP contribution is 2.37. The molecule has 0 spiro atoms. The molecule has 2 aromatic heterocycles. The van der Waals surface area contributed by atoms with Crippen LogP contribution in [0, 0.1) is 13.8 Å². The van der Waals surface area contributed by atoms with Crippen LogP contribution in [0.4, 0.5) is 5.82 Å². The van der Waals surface area contributed by atoms with Gasteiger partial charge in [0.25, 0.3) is 0 Å². The van der Waals surface area contributed by atoms with Gasteiger partial charge in [0, 0.05) is 0 Å². The van der Waals surface area contributed by atoms with Crippen LogP contribution in [0.15, 0.2) is 70.5 Å². The summed E-state index contributed by atoms with van der Waals surface area (Å²) < 4.78 is 40.4. The van der Waals surface area contributed by atoms with E-state index >= 15 is 0 Å². The summed E-state index contributed by atoms with van der Waals surface area (Å²) in [5.41, 5.74) is 11.2. The van der Waals surface area contributed by atoms with Crippen LogP contribution in [0.1, 0.15) is 16.7 Å². The number of hydrogen-bond donors (Lipinski definition) is 1. The van der Waals surface area contributed by atoms with Gasteiger partial charge in [-0.05, 0) is 66.9 Å². The monoisotopic (exact) mass is 486 g/mol. The number of aromatic nitrogens is 3. The third-order valence-electron chi connectivity index (χ3n) is 6.38. The van der Waals surface area contributed by atoms with E-state index in [9.17, 15) is 8.42 Å². The highest BCUT2D eigenvalue weighted by atomic mass is 32.2. The molecule has 2 N–H and O–H groups in total. The Morgan fingerprint density at radius 1 is 0.914 bits per heavy atom. The number of aryl methyl sites for hydroxylation is 2. The van der Waals surface area contributed by atoms with Crippen molar-refractivity contribution in [1.82, 2.24) is 14.5 Å². The molecule has 0 atom stereocenters. The maximum atomic E-state index is 13.9. The Morgan fingerprint density at radius 3 is 2.43 bits per heavy atom. The SMILES string of the molecule is Cc1ccc(S(=O)(=O)c2c(N)n(Cc3ccc4c(c3)OCO4)c3nc4ccccc4nc23)cc1C. The molecule has 3 heterocycles. The fourth-order valence-corrected chi connectivity index (χ4v) is 5.93. The zero-order valence-corrected chi connectivity index (χ0v) is 20.0. The number of rotatable bonds is 4. The normalized spacial score (nSPS) is 13.1. The number of nitrogen functional groups attached to an aromatic ring is 1. The molecular formula is C26H22N4O4S. The fourth-order valence-electron chi connectivity index (χ4n) is 4.34. The van der Waals surface area contributed by atoms with E-state index in [0.29, 0.717) is 28.2 Å². The lowest BCUT2D eigenvalue weighted by Gasteiger charge is -2.10. The summed E-state index contributed by atoms with van der Waals surface area (Å²) in [5, 5.41) is 0. The Labute approximate surface area is 201 Å². The first-order chi connectivity index (χ1) is 16.8. The largest absolute Gasteiger partial charge is 0.454 e. The zero-order chi connectivity index (χ0) is 24.3. The van der Waals surface area contributed by atoms with E-state index in [1.807, 2.05) is 50.2 Å². The molecule has 0 bridgehead atoms. The number of para-hydroxylation sites is 2. The molecule has 3 aromatic carbocycles. The Kier molecular flexibility index (Phi) is 4.72. The number of nitrogens with two attached hydrogens (primary N) is 1. The van der Waals surface area contributed by atoms with Crippen molar-refractivity contribution in [1.29, 1.82) is 0 Å². The molecule has 0 radical (unpaired) electrons. The van der Waals surface area contributed by atoms with E-state index in [4.69, 9.17) is 25.2 Å². The summed E-state index contributed by atoms with van der Waals surface area (Å²) in [6, 6.07) is 18.0. The van der Waals surface area contributed by atoms with Crippen molar-refractivity contribution < 1.29 is 17.9 Å². The van der Waals surface area contributed by atoms with E-state index in [1.165, 1.54) is 0 Å². The van der Waals surface area contributed by atoms with Crippen molar-refractivity contribution in [3.05, 3.63) is 77.4 Å². The maximum absolute atomic E-state index is 13.9. The molecule has 0 unspecified atom stereocenters. The van der Waals surface area contributed by atoms with Gasteiger partial charge in [-0.1, -0.05) is 24.3 Å². The number of fused-ring (bicyclic) bond motifs is 3. The lowest BCUT2D eigenvalue weighted by atomic mass is 10.1. The summed E-state index contributed by atoms with van der Waals surface area (Å²) in [6.07, 6.45) is 0. The standard InChI is InChI=1S/C26H22N4O4S/c1-15-7-9-18(11-16(15)2)35(31,32)24-23-26(29-20-6-4-3-5-19(20)28-23)30(25(24)27)13-17-8-10-21-22(12-17)34-14-33-21/h3-12H,13-14,27H2,1-2H3. The van der Waals surface area contributed by atoms with Crippen LogP contribution in [0.2, 0.25) is 0 Å². The molecule has 0 saturated carbocycles. The average Bonchev–Trinajstić information content (AvgIpc) is 3.41. The summed E-state index contributed by atoms with van der Waals surface area (Å²) in [4.78, 5) is 9.61. The number of ether oxygens (including phenoxy) is 2. The van der Waals surface area contributed by atoms with Crippen molar-refractivity contribution >= 4 is 37.9 Å². The number of benzene rings is 3. The predicted octanol–water partition coefficient (Wildman–Crippen LogP) is 4.39. The summed E-state index contributed by atoms with van der Waals surface area (Å²) >= 11 is 0. The Bertz CT molecular complexity index is 1760. The Balaban J connectivity index is 1.60. The minimum atomic E-state index is -3.98. The zero-order valence-electron chi connectivity index (χ0n) is 19.1. The van der Waals surface area contributed by atoms with Crippen molar-refractivity contribution in [2.24, 2.45) is 0 Å². The van der Waals surface area contributed by atoms with Gasteiger partial charge in [-0.15, -0.1) is 0 Å². The number of sulfone groups is 1. The maximum Gasteiger partial charge on any atom is 0.231 e. The van der Waals surface area contributed by atoms with E-state index in [1.54, 1.807) is 28.8 Å². The predicted molar refractivity (Wildman–Crippen MR) is 132 cm³/mol. The van der Waals surface area contributed by atoms with Crippen LogP contribution in [-0.2, 0) is 16.4 Å². The third-order valence-corrected chi connectivity index (χ3v) is 8.20. The van der Waals surface area contributed by atoms with Gasteiger partial charge >= 0.3 is 0 Å². The second-order valence-electron chi connectivity index (χ2n) is 8.62.